The third-order valence-electron chi connectivity index (χ3n) is 4.29. The third kappa shape index (κ3) is 2.98. The standard InChI is InChI=1S/C18H17FN4O2/c1-11-5-6-20-17(21-11)15-10-23(7-8-25-15)18(24)14-9-12-3-2-4-13(19)16(12)22-14/h2-6,9,15,22H,7-8,10H2,1H3/t15-/m0/s1. The van der Waals surface area contributed by atoms with Gasteiger partial charge in [0.2, 0.25) is 0 Å². The Morgan fingerprint density at radius 2 is 2.28 bits per heavy atom. The van der Waals surface area contributed by atoms with Crippen LogP contribution in [-0.4, -0.2) is 45.5 Å². The van der Waals surface area contributed by atoms with Gasteiger partial charge in [-0.2, -0.15) is 0 Å². The Balaban J connectivity index is 1.57. The van der Waals surface area contributed by atoms with Crippen LogP contribution in [0.3, 0.4) is 0 Å². The summed E-state index contributed by atoms with van der Waals surface area (Å²) in [6.45, 7) is 3.12. The molecule has 25 heavy (non-hydrogen) atoms. The second-order valence-electron chi connectivity index (χ2n) is 6.05. The third-order valence-corrected chi connectivity index (χ3v) is 4.29. The molecule has 4 rings (SSSR count). The zero-order valence-corrected chi connectivity index (χ0v) is 13.7. The van der Waals surface area contributed by atoms with E-state index in [1.165, 1.54) is 6.07 Å². The number of para-hydroxylation sites is 1. The Hall–Kier alpha value is -2.80. The van der Waals surface area contributed by atoms with E-state index in [-0.39, 0.29) is 17.8 Å². The van der Waals surface area contributed by atoms with Gasteiger partial charge < -0.3 is 14.6 Å². The van der Waals surface area contributed by atoms with Gasteiger partial charge in [-0.05, 0) is 25.1 Å². The predicted molar refractivity (Wildman–Crippen MR) is 89.6 cm³/mol. The largest absolute Gasteiger partial charge is 0.367 e. The van der Waals surface area contributed by atoms with Gasteiger partial charge in [0.1, 0.15) is 17.6 Å². The first kappa shape index (κ1) is 15.7. The Morgan fingerprint density at radius 3 is 3.08 bits per heavy atom. The quantitative estimate of drug-likeness (QED) is 0.778. The van der Waals surface area contributed by atoms with E-state index in [0.29, 0.717) is 42.1 Å². The van der Waals surface area contributed by atoms with Crippen LogP contribution >= 0.6 is 0 Å². The lowest BCUT2D eigenvalue weighted by atomic mass is 10.2. The predicted octanol–water partition coefficient (Wildman–Crippen LogP) is 2.62. The number of nitrogens with zero attached hydrogens (tertiary/aromatic N) is 3. The number of fused-ring (bicyclic) bond motifs is 1. The number of carbonyl (C=O) groups is 1. The molecule has 1 aromatic carbocycles. The van der Waals surface area contributed by atoms with Crippen LogP contribution in [0.2, 0.25) is 0 Å². The number of aromatic amines is 1. The summed E-state index contributed by atoms with van der Waals surface area (Å²) in [5.41, 5.74) is 1.56. The number of hydrogen-bond acceptors (Lipinski definition) is 4. The highest BCUT2D eigenvalue weighted by Gasteiger charge is 2.28. The summed E-state index contributed by atoms with van der Waals surface area (Å²) >= 11 is 0. The summed E-state index contributed by atoms with van der Waals surface area (Å²) in [6, 6.07) is 8.25. The number of rotatable bonds is 2. The number of carbonyl (C=O) groups excluding carboxylic acids is 1. The van der Waals surface area contributed by atoms with E-state index >= 15 is 0 Å². The van der Waals surface area contributed by atoms with Crippen molar-refractivity contribution in [2.45, 2.75) is 13.0 Å². The smallest absolute Gasteiger partial charge is 0.270 e. The summed E-state index contributed by atoms with van der Waals surface area (Å²) in [5.74, 6) is 0.0151. The Morgan fingerprint density at radius 1 is 1.40 bits per heavy atom. The first-order valence-electron chi connectivity index (χ1n) is 8.09. The lowest BCUT2D eigenvalue weighted by Crippen LogP contribution is -2.42. The summed E-state index contributed by atoms with van der Waals surface area (Å²) in [6.07, 6.45) is 1.32. The lowest BCUT2D eigenvalue weighted by Gasteiger charge is -2.32. The molecule has 1 aliphatic heterocycles. The van der Waals surface area contributed by atoms with E-state index in [1.54, 1.807) is 29.3 Å². The number of aromatic nitrogens is 3. The molecule has 128 valence electrons. The summed E-state index contributed by atoms with van der Waals surface area (Å²) in [5, 5.41) is 0.676. The van der Waals surface area contributed by atoms with Crippen LogP contribution in [0, 0.1) is 12.7 Å². The molecule has 0 saturated carbocycles. The number of H-pyrrole nitrogens is 1. The van der Waals surface area contributed by atoms with E-state index in [4.69, 9.17) is 4.74 Å². The van der Waals surface area contributed by atoms with Crippen LogP contribution in [0.25, 0.3) is 10.9 Å². The van der Waals surface area contributed by atoms with Crippen LogP contribution in [-0.2, 0) is 4.74 Å². The van der Waals surface area contributed by atoms with Gasteiger partial charge in [0, 0.05) is 23.8 Å². The molecule has 2 aromatic heterocycles. The Bertz CT molecular complexity index is 940. The van der Waals surface area contributed by atoms with Crippen LogP contribution < -0.4 is 0 Å². The van der Waals surface area contributed by atoms with Gasteiger partial charge in [-0.3, -0.25) is 4.79 Å². The van der Waals surface area contributed by atoms with E-state index in [9.17, 15) is 9.18 Å². The topological polar surface area (TPSA) is 71.1 Å². The number of nitrogens with one attached hydrogen (secondary N) is 1. The van der Waals surface area contributed by atoms with E-state index < -0.39 is 0 Å². The fourth-order valence-electron chi connectivity index (χ4n) is 3.02. The summed E-state index contributed by atoms with van der Waals surface area (Å²) in [4.78, 5) is 26.0. The molecule has 1 N–H and O–H groups in total. The monoisotopic (exact) mass is 340 g/mol. The number of halogens is 1. The molecule has 3 aromatic rings. The molecular weight excluding hydrogens is 323 g/mol. The minimum Gasteiger partial charge on any atom is -0.367 e. The number of ether oxygens (including phenoxy) is 1. The number of hydrogen-bond donors (Lipinski definition) is 1. The first-order chi connectivity index (χ1) is 12.1. The minimum absolute atomic E-state index is 0.184. The minimum atomic E-state index is -0.371. The highest BCUT2D eigenvalue weighted by atomic mass is 19.1. The normalized spacial score (nSPS) is 17.8. The second-order valence-corrected chi connectivity index (χ2v) is 6.05. The van der Waals surface area contributed by atoms with Gasteiger partial charge in [0.15, 0.2) is 5.82 Å². The SMILES string of the molecule is Cc1ccnc([C@@H]2CN(C(=O)c3cc4cccc(F)c4[nH]3)CCO2)n1. The van der Waals surface area contributed by atoms with Gasteiger partial charge in [-0.1, -0.05) is 12.1 Å². The molecule has 1 fully saturated rings. The van der Waals surface area contributed by atoms with Crippen LogP contribution in [0.1, 0.15) is 28.1 Å². The lowest BCUT2D eigenvalue weighted by molar-refractivity contribution is -0.0270. The zero-order chi connectivity index (χ0) is 17.4. The molecule has 0 unspecified atom stereocenters. The van der Waals surface area contributed by atoms with Gasteiger partial charge in [-0.25, -0.2) is 14.4 Å². The molecule has 3 heterocycles. The highest BCUT2D eigenvalue weighted by Crippen LogP contribution is 2.23. The van der Waals surface area contributed by atoms with Crippen LogP contribution in [0.5, 0.6) is 0 Å². The Labute approximate surface area is 143 Å². The van der Waals surface area contributed by atoms with Crippen molar-refractivity contribution in [2.75, 3.05) is 19.7 Å². The highest BCUT2D eigenvalue weighted by molar-refractivity contribution is 5.98. The summed E-state index contributed by atoms with van der Waals surface area (Å²) in [7, 11) is 0. The second kappa shape index (κ2) is 6.25. The number of benzene rings is 1. The molecule has 6 nitrogen and oxygen atoms in total. The van der Waals surface area contributed by atoms with Gasteiger partial charge in [-0.15, -0.1) is 0 Å². The molecule has 0 spiro atoms. The van der Waals surface area contributed by atoms with Crippen molar-refractivity contribution in [1.29, 1.82) is 0 Å². The van der Waals surface area contributed by atoms with Crippen molar-refractivity contribution in [3.05, 3.63) is 59.6 Å². The zero-order valence-electron chi connectivity index (χ0n) is 13.7. The molecule has 0 aliphatic carbocycles. The van der Waals surface area contributed by atoms with Gasteiger partial charge in [0.05, 0.1) is 18.7 Å². The fraction of sp³-hybridized carbons (Fsp3) is 0.278. The molecule has 0 radical (unpaired) electrons. The molecule has 1 atom stereocenters. The number of amides is 1. The average molecular weight is 340 g/mol. The first-order valence-corrected chi connectivity index (χ1v) is 8.09. The van der Waals surface area contributed by atoms with Gasteiger partial charge in [0.25, 0.3) is 5.91 Å². The van der Waals surface area contributed by atoms with E-state index in [0.717, 1.165) is 5.69 Å². The van der Waals surface area contributed by atoms with Crippen LogP contribution in [0.4, 0.5) is 4.39 Å². The number of aryl methyl sites for hydroxylation is 1. The number of morpholine rings is 1. The van der Waals surface area contributed by atoms with Crippen molar-refractivity contribution in [1.82, 2.24) is 19.9 Å². The average Bonchev–Trinajstić information content (AvgIpc) is 3.07. The van der Waals surface area contributed by atoms with E-state index in [2.05, 4.69) is 15.0 Å². The summed E-state index contributed by atoms with van der Waals surface area (Å²) < 4.78 is 19.6. The van der Waals surface area contributed by atoms with Crippen LogP contribution in [0.15, 0.2) is 36.5 Å². The molecular formula is C18H17FN4O2. The molecule has 0 bridgehead atoms. The van der Waals surface area contributed by atoms with Crippen molar-refractivity contribution < 1.29 is 13.9 Å². The van der Waals surface area contributed by atoms with Crippen molar-refractivity contribution in [3.63, 3.8) is 0 Å². The fourth-order valence-corrected chi connectivity index (χ4v) is 3.02. The Kier molecular flexibility index (Phi) is 3.93. The van der Waals surface area contributed by atoms with Gasteiger partial charge >= 0.3 is 0 Å². The van der Waals surface area contributed by atoms with Crippen molar-refractivity contribution >= 4 is 16.8 Å². The maximum absolute atomic E-state index is 13.8. The maximum Gasteiger partial charge on any atom is 0.270 e. The maximum atomic E-state index is 13.8. The van der Waals surface area contributed by atoms with Crippen molar-refractivity contribution in [2.24, 2.45) is 0 Å². The molecule has 7 heteroatoms. The van der Waals surface area contributed by atoms with Crippen molar-refractivity contribution in [3.8, 4) is 0 Å². The van der Waals surface area contributed by atoms with E-state index in [1.807, 2.05) is 13.0 Å². The molecule has 1 saturated heterocycles. The molecule has 1 amide bonds. The molecule has 1 aliphatic rings.